The molecule has 1 aromatic heterocycles. The largest absolute Gasteiger partial charge is 0.288 e. The third kappa shape index (κ3) is 2.58. The first-order valence-electron chi connectivity index (χ1n) is 5.00. The predicted octanol–water partition coefficient (Wildman–Crippen LogP) is 3.52. The van der Waals surface area contributed by atoms with E-state index < -0.39 is 5.82 Å². The SMILES string of the molecule is Cc1ccc(C(=O)c2cc(Br)ccc2F)cn1. The lowest BCUT2D eigenvalue weighted by Crippen LogP contribution is -2.05. The Morgan fingerprint density at radius 2 is 2.06 bits per heavy atom. The van der Waals surface area contributed by atoms with Gasteiger partial charge in [0.15, 0.2) is 5.78 Å². The number of aromatic nitrogens is 1. The Hall–Kier alpha value is -1.55. The van der Waals surface area contributed by atoms with Crippen LogP contribution in [0.25, 0.3) is 0 Å². The van der Waals surface area contributed by atoms with E-state index >= 15 is 0 Å². The average molecular weight is 294 g/mol. The maximum atomic E-state index is 13.5. The van der Waals surface area contributed by atoms with E-state index in [1.807, 2.05) is 6.92 Å². The molecule has 0 amide bonds. The minimum atomic E-state index is -0.529. The molecule has 0 N–H and O–H groups in total. The molecule has 0 aliphatic heterocycles. The van der Waals surface area contributed by atoms with Crippen LogP contribution in [0.1, 0.15) is 21.6 Å². The van der Waals surface area contributed by atoms with Crippen molar-refractivity contribution in [2.24, 2.45) is 0 Å². The molecule has 2 nitrogen and oxygen atoms in total. The first kappa shape index (κ1) is 11.9. The van der Waals surface area contributed by atoms with Gasteiger partial charge in [0.2, 0.25) is 0 Å². The molecule has 0 aliphatic rings. The van der Waals surface area contributed by atoms with Crippen molar-refractivity contribution in [3.63, 3.8) is 0 Å². The van der Waals surface area contributed by atoms with Crippen molar-refractivity contribution < 1.29 is 9.18 Å². The third-order valence-corrected chi connectivity index (χ3v) is 2.84. The van der Waals surface area contributed by atoms with Gasteiger partial charge in [0.25, 0.3) is 0 Å². The number of hydrogen-bond acceptors (Lipinski definition) is 2. The lowest BCUT2D eigenvalue weighted by Gasteiger charge is -2.03. The summed E-state index contributed by atoms with van der Waals surface area (Å²) in [6, 6.07) is 7.66. The monoisotopic (exact) mass is 293 g/mol. The number of carbonyl (C=O) groups excluding carboxylic acids is 1. The van der Waals surface area contributed by atoms with E-state index in [2.05, 4.69) is 20.9 Å². The maximum Gasteiger partial charge on any atom is 0.197 e. The van der Waals surface area contributed by atoms with Crippen LogP contribution >= 0.6 is 15.9 Å². The fraction of sp³-hybridized carbons (Fsp3) is 0.0769. The third-order valence-electron chi connectivity index (χ3n) is 2.35. The zero-order chi connectivity index (χ0) is 12.4. The van der Waals surface area contributed by atoms with Gasteiger partial charge in [-0.15, -0.1) is 0 Å². The van der Waals surface area contributed by atoms with Gasteiger partial charge in [-0.1, -0.05) is 15.9 Å². The van der Waals surface area contributed by atoms with E-state index in [1.165, 1.54) is 18.3 Å². The number of halogens is 2. The van der Waals surface area contributed by atoms with Crippen LogP contribution in [0.3, 0.4) is 0 Å². The summed E-state index contributed by atoms with van der Waals surface area (Å²) in [4.78, 5) is 16.1. The van der Waals surface area contributed by atoms with E-state index in [-0.39, 0.29) is 11.3 Å². The summed E-state index contributed by atoms with van der Waals surface area (Å²) >= 11 is 3.21. The summed E-state index contributed by atoms with van der Waals surface area (Å²) in [7, 11) is 0. The topological polar surface area (TPSA) is 30.0 Å². The van der Waals surface area contributed by atoms with Crippen molar-refractivity contribution in [2.75, 3.05) is 0 Å². The number of rotatable bonds is 2. The Morgan fingerprint density at radius 1 is 1.29 bits per heavy atom. The molecule has 0 radical (unpaired) electrons. The lowest BCUT2D eigenvalue weighted by molar-refractivity contribution is 0.103. The highest BCUT2D eigenvalue weighted by Gasteiger charge is 2.14. The molecule has 4 heteroatoms. The standard InChI is InChI=1S/C13H9BrFNO/c1-8-2-3-9(7-16-8)13(17)11-6-10(14)4-5-12(11)15/h2-7H,1H3. The molecule has 0 unspecified atom stereocenters. The van der Waals surface area contributed by atoms with Crippen molar-refractivity contribution in [3.8, 4) is 0 Å². The quantitative estimate of drug-likeness (QED) is 0.793. The van der Waals surface area contributed by atoms with E-state index in [1.54, 1.807) is 18.2 Å². The van der Waals surface area contributed by atoms with Gasteiger partial charge in [-0.3, -0.25) is 9.78 Å². The van der Waals surface area contributed by atoms with Crippen molar-refractivity contribution in [2.45, 2.75) is 6.92 Å². The molecule has 0 atom stereocenters. The number of benzene rings is 1. The number of hydrogen-bond donors (Lipinski definition) is 0. The Labute approximate surface area is 107 Å². The Kier molecular flexibility index (Phi) is 3.33. The maximum absolute atomic E-state index is 13.5. The fourth-order valence-electron chi connectivity index (χ4n) is 1.43. The van der Waals surface area contributed by atoms with Crippen LogP contribution in [0.5, 0.6) is 0 Å². The van der Waals surface area contributed by atoms with Crippen LogP contribution < -0.4 is 0 Å². The highest BCUT2D eigenvalue weighted by atomic mass is 79.9. The first-order chi connectivity index (χ1) is 8.08. The second kappa shape index (κ2) is 4.75. The zero-order valence-corrected chi connectivity index (χ0v) is 10.7. The smallest absolute Gasteiger partial charge is 0.197 e. The van der Waals surface area contributed by atoms with Crippen LogP contribution in [0.15, 0.2) is 41.0 Å². The lowest BCUT2D eigenvalue weighted by atomic mass is 10.0. The molecule has 0 saturated heterocycles. The molecule has 0 saturated carbocycles. The molecule has 0 aliphatic carbocycles. The van der Waals surface area contributed by atoms with Crippen molar-refractivity contribution >= 4 is 21.7 Å². The van der Waals surface area contributed by atoms with Gasteiger partial charge in [0.1, 0.15) is 5.82 Å². The highest BCUT2D eigenvalue weighted by Crippen LogP contribution is 2.18. The van der Waals surface area contributed by atoms with E-state index in [0.29, 0.717) is 10.0 Å². The second-order valence-electron chi connectivity index (χ2n) is 3.64. The molecule has 86 valence electrons. The molecular weight excluding hydrogens is 285 g/mol. The Balaban J connectivity index is 2.43. The van der Waals surface area contributed by atoms with Crippen molar-refractivity contribution in [1.82, 2.24) is 4.98 Å². The van der Waals surface area contributed by atoms with Crippen LogP contribution in [0.4, 0.5) is 4.39 Å². The summed E-state index contributed by atoms with van der Waals surface area (Å²) < 4.78 is 14.2. The number of pyridine rings is 1. The van der Waals surface area contributed by atoms with Gasteiger partial charge >= 0.3 is 0 Å². The van der Waals surface area contributed by atoms with Crippen LogP contribution in [0.2, 0.25) is 0 Å². The van der Waals surface area contributed by atoms with Crippen molar-refractivity contribution in [3.05, 3.63) is 63.6 Å². The number of ketones is 1. The molecule has 1 aromatic carbocycles. The molecule has 0 bridgehead atoms. The molecule has 0 fully saturated rings. The van der Waals surface area contributed by atoms with Gasteiger partial charge in [0, 0.05) is 21.9 Å². The predicted molar refractivity (Wildman–Crippen MR) is 66.5 cm³/mol. The summed E-state index contributed by atoms with van der Waals surface area (Å²) in [5.41, 5.74) is 1.24. The number of nitrogens with zero attached hydrogens (tertiary/aromatic N) is 1. The van der Waals surface area contributed by atoms with E-state index in [4.69, 9.17) is 0 Å². The van der Waals surface area contributed by atoms with Gasteiger partial charge in [-0.2, -0.15) is 0 Å². The second-order valence-corrected chi connectivity index (χ2v) is 4.56. The average Bonchev–Trinajstić information content (AvgIpc) is 2.32. The van der Waals surface area contributed by atoms with Gasteiger partial charge in [-0.25, -0.2) is 4.39 Å². The Bertz CT molecular complexity index is 566. The molecular formula is C13H9BrFNO. The van der Waals surface area contributed by atoms with Crippen LogP contribution in [-0.4, -0.2) is 10.8 Å². The van der Waals surface area contributed by atoms with Gasteiger partial charge in [0.05, 0.1) is 5.56 Å². The van der Waals surface area contributed by atoms with Gasteiger partial charge in [-0.05, 0) is 37.3 Å². The summed E-state index contributed by atoms with van der Waals surface area (Å²) in [6.07, 6.45) is 1.46. The summed E-state index contributed by atoms with van der Waals surface area (Å²) in [5.74, 6) is -0.893. The minimum absolute atomic E-state index is 0.0463. The molecule has 17 heavy (non-hydrogen) atoms. The van der Waals surface area contributed by atoms with E-state index in [9.17, 15) is 9.18 Å². The minimum Gasteiger partial charge on any atom is -0.288 e. The number of aryl methyl sites for hydroxylation is 1. The summed E-state index contributed by atoms with van der Waals surface area (Å²) in [5, 5.41) is 0. The molecule has 2 rings (SSSR count). The number of carbonyl (C=O) groups is 1. The first-order valence-corrected chi connectivity index (χ1v) is 5.79. The highest BCUT2D eigenvalue weighted by molar-refractivity contribution is 9.10. The Morgan fingerprint density at radius 3 is 2.71 bits per heavy atom. The fourth-order valence-corrected chi connectivity index (χ4v) is 1.79. The van der Waals surface area contributed by atoms with Crippen LogP contribution in [0, 0.1) is 12.7 Å². The van der Waals surface area contributed by atoms with Crippen molar-refractivity contribution in [1.29, 1.82) is 0 Å². The normalized spacial score (nSPS) is 10.3. The molecule has 2 aromatic rings. The molecule has 0 spiro atoms. The summed E-state index contributed by atoms with van der Waals surface area (Å²) in [6.45, 7) is 1.83. The zero-order valence-electron chi connectivity index (χ0n) is 9.08. The van der Waals surface area contributed by atoms with Crippen LogP contribution in [-0.2, 0) is 0 Å². The van der Waals surface area contributed by atoms with Gasteiger partial charge < -0.3 is 0 Å². The van der Waals surface area contributed by atoms with E-state index in [0.717, 1.165) is 5.69 Å². The molecule has 1 heterocycles.